The maximum Gasteiger partial charge on any atom is 0.255 e. The third kappa shape index (κ3) is 3.25. The van der Waals surface area contributed by atoms with E-state index in [2.05, 4.69) is 9.97 Å². The quantitative estimate of drug-likeness (QED) is 0.462. The van der Waals surface area contributed by atoms with Crippen LogP contribution in [-0.4, -0.2) is 42.0 Å². The summed E-state index contributed by atoms with van der Waals surface area (Å²) in [6, 6.07) is 13.0. The number of carbonyl (C=O) groups excluding carboxylic acids is 1. The van der Waals surface area contributed by atoms with Crippen LogP contribution in [0.5, 0.6) is 5.75 Å². The minimum absolute atomic E-state index is 0.170. The number of pyridine rings is 1. The van der Waals surface area contributed by atoms with E-state index in [4.69, 9.17) is 22.1 Å². The Kier molecular flexibility index (Phi) is 5.10. The molecule has 0 bridgehead atoms. The largest absolute Gasteiger partial charge is 0.496 e. The lowest BCUT2D eigenvalue weighted by atomic mass is 9.99. The van der Waals surface area contributed by atoms with Crippen molar-refractivity contribution in [3.05, 3.63) is 65.4 Å². The van der Waals surface area contributed by atoms with Gasteiger partial charge < -0.3 is 20.4 Å². The van der Waals surface area contributed by atoms with Crippen molar-refractivity contribution in [2.75, 3.05) is 26.9 Å². The van der Waals surface area contributed by atoms with E-state index in [1.54, 1.807) is 39.5 Å². The zero-order valence-corrected chi connectivity index (χ0v) is 17.6. The second-order valence-corrected chi connectivity index (χ2v) is 7.49. The first-order valence-electron chi connectivity index (χ1n) is 9.33. The maximum atomic E-state index is 12.5. The number of nitrogens with zero attached hydrogens (tertiary/aromatic N) is 2. The van der Waals surface area contributed by atoms with Crippen LogP contribution in [0, 0.1) is 0 Å². The molecule has 0 aliphatic rings. The summed E-state index contributed by atoms with van der Waals surface area (Å²) in [5.41, 5.74) is 10.8. The molecular weight excluding hydrogens is 400 g/mol. The number of amides is 1. The van der Waals surface area contributed by atoms with Crippen LogP contribution in [0.4, 0.5) is 5.69 Å². The summed E-state index contributed by atoms with van der Waals surface area (Å²) >= 11 is 6.87. The van der Waals surface area contributed by atoms with Crippen molar-refractivity contribution >= 4 is 34.2 Å². The van der Waals surface area contributed by atoms with Crippen LogP contribution in [0.3, 0.4) is 0 Å². The van der Waals surface area contributed by atoms with Gasteiger partial charge in [-0.2, -0.15) is 0 Å². The molecule has 2 aromatic heterocycles. The molecule has 3 N–H and O–H groups in total. The van der Waals surface area contributed by atoms with Gasteiger partial charge in [-0.25, -0.2) is 4.98 Å². The Labute approximate surface area is 179 Å². The van der Waals surface area contributed by atoms with Gasteiger partial charge in [-0.05, 0) is 23.8 Å². The highest BCUT2D eigenvalue weighted by Crippen LogP contribution is 2.41. The van der Waals surface area contributed by atoms with Crippen LogP contribution < -0.4 is 10.5 Å². The summed E-state index contributed by atoms with van der Waals surface area (Å²) in [4.78, 5) is 21.7. The molecule has 0 fully saturated rings. The number of rotatable bonds is 4. The number of halogens is 1. The molecule has 0 aliphatic heterocycles. The fourth-order valence-electron chi connectivity index (χ4n) is 3.49. The molecule has 0 atom stereocenters. The number of ether oxygens (including phenoxy) is 1. The van der Waals surface area contributed by atoms with Crippen molar-refractivity contribution in [3.63, 3.8) is 0 Å². The predicted octanol–water partition coefficient (Wildman–Crippen LogP) is 4.84. The van der Waals surface area contributed by atoms with Crippen LogP contribution in [0.1, 0.15) is 10.4 Å². The number of benzene rings is 2. The van der Waals surface area contributed by atoms with Gasteiger partial charge in [-0.15, -0.1) is 0 Å². The van der Waals surface area contributed by atoms with Crippen LogP contribution in [0.15, 0.2) is 54.9 Å². The van der Waals surface area contributed by atoms with Gasteiger partial charge in [0.15, 0.2) is 0 Å². The van der Waals surface area contributed by atoms with E-state index in [9.17, 15) is 4.79 Å². The van der Waals surface area contributed by atoms with E-state index in [1.165, 1.54) is 4.90 Å². The molecule has 2 heterocycles. The monoisotopic (exact) mass is 420 g/mol. The SMILES string of the molecule is COc1ccccc1-c1c[nH]c2ncc(-c3ccc(N)c(C(=O)N(C)C)c3)c(Cl)c12. The van der Waals surface area contributed by atoms with E-state index < -0.39 is 0 Å². The molecule has 0 saturated carbocycles. The molecule has 0 radical (unpaired) electrons. The van der Waals surface area contributed by atoms with Gasteiger partial charge in [0.1, 0.15) is 11.4 Å². The number of carbonyl (C=O) groups is 1. The van der Waals surface area contributed by atoms with Crippen molar-refractivity contribution in [1.82, 2.24) is 14.9 Å². The molecule has 6 nitrogen and oxygen atoms in total. The molecule has 0 aliphatic carbocycles. The molecule has 30 heavy (non-hydrogen) atoms. The van der Waals surface area contributed by atoms with Crippen molar-refractivity contribution in [1.29, 1.82) is 0 Å². The second-order valence-electron chi connectivity index (χ2n) is 7.11. The van der Waals surface area contributed by atoms with E-state index in [0.29, 0.717) is 27.5 Å². The minimum atomic E-state index is -0.170. The zero-order chi connectivity index (χ0) is 21.4. The highest BCUT2D eigenvalue weighted by molar-refractivity contribution is 6.39. The first kappa shape index (κ1) is 19.8. The Hall–Kier alpha value is -3.51. The minimum Gasteiger partial charge on any atom is -0.496 e. The molecule has 152 valence electrons. The van der Waals surface area contributed by atoms with E-state index in [1.807, 2.05) is 36.5 Å². The first-order chi connectivity index (χ1) is 14.4. The number of nitrogens with one attached hydrogen (secondary N) is 1. The van der Waals surface area contributed by atoms with Crippen molar-refractivity contribution in [3.8, 4) is 28.0 Å². The van der Waals surface area contributed by atoms with Gasteiger partial charge >= 0.3 is 0 Å². The Morgan fingerprint density at radius 3 is 2.63 bits per heavy atom. The number of anilines is 1. The summed E-state index contributed by atoms with van der Waals surface area (Å²) in [6.07, 6.45) is 3.57. The van der Waals surface area contributed by atoms with Crippen LogP contribution in [0.2, 0.25) is 5.02 Å². The zero-order valence-electron chi connectivity index (χ0n) is 16.9. The molecule has 4 rings (SSSR count). The summed E-state index contributed by atoms with van der Waals surface area (Å²) in [7, 11) is 5.01. The molecule has 0 unspecified atom stereocenters. The second kappa shape index (κ2) is 7.72. The molecule has 4 aromatic rings. The lowest BCUT2D eigenvalue weighted by Gasteiger charge is -2.14. The molecule has 0 saturated heterocycles. The standard InChI is InChI=1S/C23H21ClN4O2/c1-28(2)23(29)15-10-13(8-9-18(15)25)16-11-26-22-20(21(16)24)17(12-27-22)14-6-4-5-7-19(14)30-3/h4-12H,25H2,1-3H3,(H,26,27). The summed E-state index contributed by atoms with van der Waals surface area (Å²) in [5, 5.41) is 1.33. The number of fused-ring (bicyclic) bond motifs is 1. The Balaban J connectivity index is 1.92. The predicted molar refractivity (Wildman–Crippen MR) is 121 cm³/mol. The smallest absolute Gasteiger partial charge is 0.255 e. The lowest BCUT2D eigenvalue weighted by Crippen LogP contribution is -2.22. The third-order valence-corrected chi connectivity index (χ3v) is 5.43. The summed E-state index contributed by atoms with van der Waals surface area (Å²) < 4.78 is 5.52. The summed E-state index contributed by atoms with van der Waals surface area (Å²) in [6.45, 7) is 0. The highest BCUT2D eigenvalue weighted by Gasteiger charge is 2.19. The average molecular weight is 421 g/mol. The maximum absolute atomic E-state index is 12.5. The van der Waals surface area contributed by atoms with Crippen molar-refractivity contribution in [2.24, 2.45) is 0 Å². The molecule has 0 spiro atoms. The highest BCUT2D eigenvalue weighted by atomic mass is 35.5. The molecule has 2 aromatic carbocycles. The van der Waals surface area contributed by atoms with Gasteiger partial charge in [0.25, 0.3) is 5.91 Å². The van der Waals surface area contributed by atoms with Crippen LogP contribution in [-0.2, 0) is 0 Å². The third-order valence-electron chi connectivity index (χ3n) is 5.04. The number of methoxy groups -OCH3 is 1. The van der Waals surface area contributed by atoms with Gasteiger partial charge in [0.2, 0.25) is 0 Å². The summed E-state index contributed by atoms with van der Waals surface area (Å²) in [5.74, 6) is 0.571. The fraction of sp³-hybridized carbons (Fsp3) is 0.130. The van der Waals surface area contributed by atoms with Crippen LogP contribution >= 0.6 is 11.6 Å². The topological polar surface area (TPSA) is 84.2 Å². The van der Waals surface area contributed by atoms with Gasteiger partial charge in [0, 0.05) is 54.3 Å². The van der Waals surface area contributed by atoms with Crippen molar-refractivity contribution in [2.45, 2.75) is 0 Å². The molecular formula is C23H21ClN4O2. The number of para-hydroxylation sites is 1. The molecule has 7 heteroatoms. The van der Waals surface area contributed by atoms with Gasteiger partial charge in [-0.1, -0.05) is 35.9 Å². The number of aromatic nitrogens is 2. The molecule has 1 amide bonds. The van der Waals surface area contributed by atoms with Crippen molar-refractivity contribution < 1.29 is 9.53 Å². The Morgan fingerprint density at radius 1 is 1.13 bits per heavy atom. The number of H-pyrrole nitrogens is 1. The fourth-order valence-corrected chi connectivity index (χ4v) is 3.84. The van der Waals surface area contributed by atoms with E-state index in [0.717, 1.165) is 27.8 Å². The van der Waals surface area contributed by atoms with E-state index >= 15 is 0 Å². The number of aromatic amines is 1. The number of nitrogens with two attached hydrogens (primary N) is 1. The number of hydrogen-bond donors (Lipinski definition) is 2. The number of hydrogen-bond acceptors (Lipinski definition) is 4. The first-order valence-corrected chi connectivity index (χ1v) is 9.70. The van der Waals surface area contributed by atoms with Crippen LogP contribution in [0.25, 0.3) is 33.3 Å². The van der Waals surface area contributed by atoms with Gasteiger partial charge in [0.05, 0.1) is 17.7 Å². The Bertz CT molecular complexity index is 1260. The normalized spacial score (nSPS) is 10.9. The lowest BCUT2D eigenvalue weighted by molar-refractivity contribution is 0.0828. The van der Waals surface area contributed by atoms with Gasteiger partial charge in [-0.3, -0.25) is 4.79 Å². The number of nitrogen functional groups attached to an aromatic ring is 1. The average Bonchev–Trinajstić information content (AvgIpc) is 3.19. The van der Waals surface area contributed by atoms with E-state index in [-0.39, 0.29) is 5.91 Å². The Morgan fingerprint density at radius 2 is 1.90 bits per heavy atom.